The van der Waals surface area contributed by atoms with E-state index in [2.05, 4.69) is 15.2 Å². The number of benzene rings is 2. The van der Waals surface area contributed by atoms with Gasteiger partial charge >= 0.3 is 0 Å². The first-order chi connectivity index (χ1) is 14.6. The van der Waals surface area contributed by atoms with E-state index >= 15 is 0 Å². The Morgan fingerprint density at radius 3 is 2.77 bits per heavy atom. The van der Waals surface area contributed by atoms with Gasteiger partial charge in [-0.05, 0) is 17.7 Å². The van der Waals surface area contributed by atoms with E-state index in [4.69, 9.17) is 16.3 Å². The number of hydrogen-bond acceptors (Lipinski definition) is 5. The van der Waals surface area contributed by atoms with Gasteiger partial charge in [0.2, 0.25) is 5.78 Å². The molecule has 4 rings (SSSR count). The molecule has 0 amide bonds. The van der Waals surface area contributed by atoms with Gasteiger partial charge in [-0.2, -0.15) is 0 Å². The van der Waals surface area contributed by atoms with Crippen molar-refractivity contribution in [1.82, 2.24) is 19.6 Å². The minimum atomic E-state index is -0.369. The van der Waals surface area contributed by atoms with Crippen molar-refractivity contribution >= 4 is 29.1 Å². The first kappa shape index (κ1) is 20.6. The first-order valence-electron chi connectivity index (χ1n) is 9.26. The van der Waals surface area contributed by atoms with Gasteiger partial charge in [-0.3, -0.25) is 14.2 Å². The van der Waals surface area contributed by atoms with Crippen LogP contribution in [0.25, 0.3) is 5.78 Å². The van der Waals surface area contributed by atoms with E-state index in [-0.39, 0.29) is 17.1 Å². The molecule has 0 aliphatic carbocycles. The van der Waals surface area contributed by atoms with Crippen LogP contribution in [-0.2, 0) is 23.5 Å². The highest BCUT2D eigenvalue weighted by molar-refractivity contribution is 7.98. The third kappa shape index (κ3) is 4.72. The molecule has 0 saturated heterocycles. The molecule has 0 saturated carbocycles. The van der Waals surface area contributed by atoms with Crippen LogP contribution in [0.5, 0.6) is 0 Å². The van der Waals surface area contributed by atoms with Crippen molar-refractivity contribution in [3.8, 4) is 0 Å². The van der Waals surface area contributed by atoms with Gasteiger partial charge in [-0.1, -0.05) is 59.8 Å². The zero-order chi connectivity index (χ0) is 20.9. The van der Waals surface area contributed by atoms with E-state index in [1.54, 1.807) is 16.5 Å². The molecule has 2 aromatic carbocycles. The Labute approximate surface area is 181 Å². The summed E-state index contributed by atoms with van der Waals surface area (Å²) in [4.78, 5) is 14.7. The van der Waals surface area contributed by atoms with Crippen molar-refractivity contribution in [2.75, 3.05) is 6.61 Å². The summed E-state index contributed by atoms with van der Waals surface area (Å²) in [6.07, 6.45) is 0.499. The Hall–Kier alpha value is -2.68. The number of ether oxygens (including phenoxy) is 1. The molecule has 0 fully saturated rings. The lowest BCUT2D eigenvalue weighted by molar-refractivity contribution is 0.123. The van der Waals surface area contributed by atoms with Crippen LogP contribution in [0.4, 0.5) is 4.39 Å². The molecule has 0 radical (unpaired) electrons. The van der Waals surface area contributed by atoms with Gasteiger partial charge in [0.1, 0.15) is 5.82 Å². The van der Waals surface area contributed by atoms with Crippen LogP contribution in [0, 0.1) is 5.82 Å². The molecular formula is C21H18ClFN4O2S. The SMILES string of the molecule is O=c1cc(CCOCc2ccccc2)n2c(SCc3c(F)cccc3Cl)nnc2[nH]1. The summed E-state index contributed by atoms with van der Waals surface area (Å²) in [5, 5.41) is 9.09. The third-order valence-electron chi connectivity index (χ3n) is 4.47. The molecule has 0 unspecified atom stereocenters. The lowest BCUT2D eigenvalue weighted by Crippen LogP contribution is -2.13. The van der Waals surface area contributed by atoms with Crippen molar-refractivity contribution in [1.29, 1.82) is 0 Å². The van der Waals surface area contributed by atoms with Crippen molar-refractivity contribution in [2.45, 2.75) is 23.9 Å². The van der Waals surface area contributed by atoms with Crippen molar-refractivity contribution in [2.24, 2.45) is 0 Å². The number of nitrogens with zero attached hydrogens (tertiary/aromatic N) is 3. The van der Waals surface area contributed by atoms with Gasteiger partial charge in [0, 0.05) is 34.5 Å². The molecule has 1 N–H and O–H groups in total. The fraction of sp³-hybridized carbons (Fsp3) is 0.190. The summed E-state index contributed by atoms with van der Waals surface area (Å²) >= 11 is 7.41. The molecule has 0 bridgehead atoms. The lowest BCUT2D eigenvalue weighted by atomic mass is 10.2. The van der Waals surface area contributed by atoms with Crippen molar-refractivity contribution in [3.05, 3.63) is 92.6 Å². The van der Waals surface area contributed by atoms with E-state index in [1.807, 2.05) is 30.3 Å². The maximum absolute atomic E-state index is 14.1. The monoisotopic (exact) mass is 444 g/mol. The van der Waals surface area contributed by atoms with Crippen molar-refractivity contribution in [3.63, 3.8) is 0 Å². The third-order valence-corrected chi connectivity index (χ3v) is 5.78. The highest BCUT2D eigenvalue weighted by Gasteiger charge is 2.14. The number of hydrogen-bond donors (Lipinski definition) is 1. The van der Waals surface area contributed by atoms with E-state index < -0.39 is 0 Å². The quantitative estimate of drug-likeness (QED) is 0.324. The molecule has 0 atom stereocenters. The normalized spacial score (nSPS) is 11.3. The van der Waals surface area contributed by atoms with E-state index in [0.717, 1.165) is 5.56 Å². The minimum Gasteiger partial charge on any atom is -0.376 e. The summed E-state index contributed by atoms with van der Waals surface area (Å²) in [5.74, 6) is 0.254. The number of fused-ring (bicyclic) bond motifs is 1. The van der Waals surface area contributed by atoms with Crippen LogP contribution < -0.4 is 5.56 Å². The summed E-state index contributed by atoms with van der Waals surface area (Å²) < 4.78 is 21.6. The first-order valence-corrected chi connectivity index (χ1v) is 10.6. The number of H-pyrrole nitrogens is 1. The van der Waals surface area contributed by atoms with Crippen LogP contribution in [0.2, 0.25) is 5.02 Å². The van der Waals surface area contributed by atoms with E-state index in [1.165, 1.54) is 23.9 Å². The number of rotatable bonds is 8. The molecule has 9 heteroatoms. The number of aromatic amines is 1. The van der Waals surface area contributed by atoms with Gasteiger partial charge in [-0.15, -0.1) is 10.2 Å². The average molecular weight is 445 g/mol. The number of aromatic nitrogens is 4. The maximum Gasteiger partial charge on any atom is 0.252 e. The largest absolute Gasteiger partial charge is 0.376 e. The Morgan fingerprint density at radius 2 is 1.97 bits per heavy atom. The fourth-order valence-corrected chi connectivity index (χ4v) is 4.30. The Kier molecular flexibility index (Phi) is 6.47. The molecule has 4 aromatic rings. The number of thioether (sulfide) groups is 1. The molecule has 154 valence electrons. The average Bonchev–Trinajstić information content (AvgIpc) is 3.14. The second-order valence-electron chi connectivity index (χ2n) is 6.54. The topological polar surface area (TPSA) is 72.3 Å². The zero-order valence-corrected chi connectivity index (χ0v) is 17.4. The smallest absolute Gasteiger partial charge is 0.252 e. The molecular weight excluding hydrogens is 427 g/mol. The summed E-state index contributed by atoms with van der Waals surface area (Å²) in [7, 11) is 0. The summed E-state index contributed by atoms with van der Waals surface area (Å²) in [5.41, 5.74) is 1.93. The molecule has 2 aromatic heterocycles. The van der Waals surface area contributed by atoms with Gasteiger partial charge < -0.3 is 4.74 Å². The number of nitrogens with one attached hydrogen (secondary N) is 1. The number of halogens is 2. The van der Waals surface area contributed by atoms with Gasteiger partial charge in [-0.25, -0.2) is 4.39 Å². The fourth-order valence-electron chi connectivity index (χ4n) is 3.00. The van der Waals surface area contributed by atoms with Crippen molar-refractivity contribution < 1.29 is 9.13 Å². The van der Waals surface area contributed by atoms with Crippen LogP contribution in [0.3, 0.4) is 0 Å². The highest BCUT2D eigenvalue weighted by Crippen LogP contribution is 2.28. The van der Waals surface area contributed by atoms with E-state index in [9.17, 15) is 9.18 Å². The molecule has 2 heterocycles. The van der Waals surface area contributed by atoms with Crippen LogP contribution in [0.15, 0.2) is 64.5 Å². The molecule has 0 aliphatic rings. The van der Waals surface area contributed by atoms with Crippen LogP contribution >= 0.6 is 23.4 Å². The molecule has 6 nitrogen and oxygen atoms in total. The predicted octanol–water partition coefficient (Wildman–Crippen LogP) is 4.26. The summed E-state index contributed by atoms with van der Waals surface area (Å²) in [6, 6.07) is 16.0. The standard InChI is InChI=1S/C21H18ClFN4O2S/c22-17-7-4-8-18(23)16(17)13-30-21-26-25-20-24-19(28)11-15(27(20)21)9-10-29-12-14-5-2-1-3-6-14/h1-8,11H,9-10,12-13H2,(H,24,25,28). The Balaban J connectivity index is 1.50. The second kappa shape index (κ2) is 9.42. The maximum atomic E-state index is 14.1. The minimum absolute atomic E-state index is 0.262. The van der Waals surface area contributed by atoms with Gasteiger partial charge in [0.05, 0.1) is 13.2 Å². The molecule has 0 aliphatic heterocycles. The lowest BCUT2D eigenvalue weighted by Gasteiger charge is -2.09. The summed E-state index contributed by atoms with van der Waals surface area (Å²) in [6.45, 7) is 0.914. The second-order valence-corrected chi connectivity index (χ2v) is 7.89. The predicted molar refractivity (Wildman–Crippen MR) is 114 cm³/mol. The molecule has 0 spiro atoms. The van der Waals surface area contributed by atoms with Crippen LogP contribution in [0.1, 0.15) is 16.8 Å². The van der Waals surface area contributed by atoms with Crippen LogP contribution in [-0.4, -0.2) is 26.2 Å². The Bertz CT molecular complexity index is 1190. The van der Waals surface area contributed by atoms with Gasteiger partial charge in [0.15, 0.2) is 5.16 Å². The zero-order valence-electron chi connectivity index (χ0n) is 15.8. The van der Waals surface area contributed by atoms with E-state index in [0.29, 0.717) is 46.8 Å². The highest BCUT2D eigenvalue weighted by atomic mass is 35.5. The molecule has 30 heavy (non-hydrogen) atoms. The van der Waals surface area contributed by atoms with Gasteiger partial charge in [0.25, 0.3) is 5.56 Å². The Morgan fingerprint density at radius 1 is 1.13 bits per heavy atom.